The molecule has 0 amide bonds. The van der Waals surface area contributed by atoms with Crippen molar-refractivity contribution in [3.8, 4) is 0 Å². The van der Waals surface area contributed by atoms with Crippen LogP contribution in [-0.2, 0) is 4.74 Å². The minimum atomic E-state index is 0.761. The average molecular weight is 209 g/mol. The molecule has 4 heteroatoms. The van der Waals surface area contributed by atoms with Gasteiger partial charge in [-0.05, 0) is 6.07 Å². The number of aromatic nitrogens is 1. The van der Waals surface area contributed by atoms with Crippen molar-refractivity contribution in [1.82, 2.24) is 4.98 Å². The van der Waals surface area contributed by atoms with Crippen molar-refractivity contribution in [2.75, 3.05) is 36.9 Å². The smallest absolute Gasteiger partial charge is 0.130 e. The Morgan fingerprint density at radius 2 is 2.00 bits per heavy atom. The third-order valence-electron chi connectivity index (χ3n) is 2.10. The van der Waals surface area contributed by atoms with Crippen molar-refractivity contribution < 1.29 is 4.74 Å². The van der Waals surface area contributed by atoms with Crippen molar-refractivity contribution in [2.45, 2.75) is 13.8 Å². The van der Waals surface area contributed by atoms with E-state index in [4.69, 9.17) is 10.5 Å². The molecule has 2 heterocycles. The van der Waals surface area contributed by atoms with E-state index in [1.165, 1.54) is 0 Å². The second kappa shape index (κ2) is 6.24. The van der Waals surface area contributed by atoms with E-state index in [1.807, 2.05) is 19.9 Å². The molecule has 0 atom stereocenters. The van der Waals surface area contributed by atoms with E-state index in [1.54, 1.807) is 12.3 Å². The third-order valence-corrected chi connectivity index (χ3v) is 2.10. The van der Waals surface area contributed by atoms with Gasteiger partial charge < -0.3 is 15.4 Å². The standard InChI is InChI=1S/C9H13N3O.C2H6/c10-8-1-2-11-9(7-8)12-3-5-13-6-4-12;1-2/h1-2,7H,3-6H2,(H2,10,11);1-2H3. The Balaban J connectivity index is 0.000000531. The highest BCUT2D eigenvalue weighted by molar-refractivity contribution is 5.50. The van der Waals surface area contributed by atoms with E-state index in [0.717, 1.165) is 37.8 Å². The van der Waals surface area contributed by atoms with Crippen LogP contribution >= 0.6 is 0 Å². The Hall–Kier alpha value is -1.29. The van der Waals surface area contributed by atoms with Crippen LogP contribution in [0.3, 0.4) is 0 Å². The van der Waals surface area contributed by atoms with Crippen molar-refractivity contribution >= 4 is 11.5 Å². The monoisotopic (exact) mass is 209 g/mol. The molecule has 1 saturated heterocycles. The lowest BCUT2D eigenvalue weighted by Crippen LogP contribution is -2.36. The molecule has 15 heavy (non-hydrogen) atoms. The number of nitrogens with zero attached hydrogens (tertiary/aromatic N) is 2. The molecule has 1 aromatic rings. The van der Waals surface area contributed by atoms with Crippen molar-refractivity contribution in [3.05, 3.63) is 18.3 Å². The van der Waals surface area contributed by atoms with Crippen molar-refractivity contribution in [2.24, 2.45) is 0 Å². The lowest BCUT2D eigenvalue weighted by molar-refractivity contribution is 0.122. The molecule has 2 rings (SSSR count). The molecular formula is C11H19N3O. The zero-order valence-corrected chi connectivity index (χ0v) is 9.44. The molecule has 1 aliphatic heterocycles. The predicted octanol–water partition coefficient (Wildman–Crippen LogP) is 1.53. The molecule has 1 fully saturated rings. The van der Waals surface area contributed by atoms with Crippen LogP contribution in [-0.4, -0.2) is 31.3 Å². The summed E-state index contributed by atoms with van der Waals surface area (Å²) in [5.41, 5.74) is 6.43. The van der Waals surface area contributed by atoms with E-state index < -0.39 is 0 Å². The van der Waals surface area contributed by atoms with Gasteiger partial charge in [0.15, 0.2) is 0 Å². The predicted molar refractivity (Wildman–Crippen MR) is 63.0 cm³/mol. The number of morpholine rings is 1. The van der Waals surface area contributed by atoms with E-state index >= 15 is 0 Å². The molecule has 0 saturated carbocycles. The van der Waals surface area contributed by atoms with Gasteiger partial charge in [-0.2, -0.15) is 0 Å². The highest BCUT2D eigenvalue weighted by Crippen LogP contribution is 2.14. The zero-order valence-electron chi connectivity index (χ0n) is 9.44. The van der Waals surface area contributed by atoms with Gasteiger partial charge in [0.2, 0.25) is 0 Å². The summed E-state index contributed by atoms with van der Waals surface area (Å²) in [7, 11) is 0. The Morgan fingerprint density at radius 1 is 1.33 bits per heavy atom. The highest BCUT2D eigenvalue weighted by atomic mass is 16.5. The lowest BCUT2D eigenvalue weighted by atomic mass is 10.3. The minimum Gasteiger partial charge on any atom is -0.399 e. The Kier molecular flexibility index (Phi) is 4.90. The number of nitrogen functional groups attached to an aromatic ring is 1. The molecule has 0 unspecified atom stereocenters. The van der Waals surface area contributed by atoms with E-state index in [-0.39, 0.29) is 0 Å². The first-order chi connectivity index (χ1) is 7.36. The fraction of sp³-hybridized carbons (Fsp3) is 0.545. The van der Waals surface area contributed by atoms with Crippen LogP contribution in [0, 0.1) is 0 Å². The fourth-order valence-corrected chi connectivity index (χ4v) is 1.40. The summed E-state index contributed by atoms with van der Waals surface area (Å²) in [5, 5.41) is 0. The average Bonchev–Trinajstić information content (AvgIpc) is 2.33. The maximum atomic E-state index is 5.67. The van der Waals surface area contributed by atoms with Gasteiger partial charge in [-0.15, -0.1) is 0 Å². The first kappa shape index (κ1) is 11.8. The molecule has 84 valence electrons. The van der Waals surface area contributed by atoms with E-state index in [9.17, 15) is 0 Å². The van der Waals surface area contributed by atoms with Gasteiger partial charge in [-0.3, -0.25) is 0 Å². The zero-order chi connectivity index (χ0) is 11.1. The Morgan fingerprint density at radius 3 is 2.60 bits per heavy atom. The summed E-state index contributed by atoms with van der Waals surface area (Å²) in [5.74, 6) is 0.948. The molecule has 2 N–H and O–H groups in total. The van der Waals surface area contributed by atoms with Crippen molar-refractivity contribution in [3.63, 3.8) is 0 Å². The maximum absolute atomic E-state index is 5.67. The summed E-state index contributed by atoms with van der Waals surface area (Å²) in [6.07, 6.45) is 1.74. The number of ether oxygens (including phenoxy) is 1. The first-order valence-corrected chi connectivity index (χ1v) is 5.40. The van der Waals surface area contributed by atoms with E-state index in [2.05, 4.69) is 9.88 Å². The van der Waals surface area contributed by atoms with Gasteiger partial charge in [0, 0.05) is 31.0 Å². The van der Waals surface area contributed by atoms with Crippen LogP contribution in [0.2, 0.25) is 0 Å². The molecule has 4 nitrogen and oxygen atoms in total. The normalized spacial score (nSPS) is 15.5. The number of nitrogens with two attached hydrogens (primary N) is 1. The number of hydrogen-bond donors (Lipinski definition) is 1. The van der Waals surface area contributed by atoms with Gasteiger partial charge in [0.25, 0.3) is 0 Å². The van der Waals surface area contributed by atoms with Gasteiger partial charge in [0.05, 0.1) is 13.2 Å². The number of hydrogen-bond acceptors (Lipinski definition) is 4. The molecule has 0 bridgehead atoms. The quantitative estimate of drug-likeness (QED) is 0.762. The third kappa shape index (κ3) is 3.40. The van der Waals surface area contributed by atoms with Crippen LogP contribution in [0.15, 0.2) is 18.3 Å². The summed E-state index contributed by atoms with van der Waals surface area (Å²) < 4.78 is 5.25. The van der Waals surface area contributed by atoms with Crippen LogP contribution in [0.5, 0.6) is 0 Å². The Labute approximate surface area is 91.1 Å². The highest BCUT2D eigenvalue weighted by Gasteiger charge is 2.11. The van der Waals surface area contributed by atoms with Gasteiger partial charge in [-0.25, -0.2) is 4.98 Å². The second-order valence-electron chi connectivity index (χ2n) is 3.05. The SMILES string of the molecule is CC.Nc1ccnc(N2CCOCC2)c1. The number of rotatable bonds is 1. The summed E-state index contributed by atoms with van der Waals surface area (Å²) in [6.45, 7) is 7.35. The van der Waals surface area contributed by atoms with Crippen LogP contribution < -0.4 is 10.6 Å². The molecule has 0 spiro atoms. The van der Waals surface area contributed by atoms with Crippen molar-refractivity contribution in [1.29, 1.82) is 0 Å². The van der Waals surface area contributed by atoms with Gasteiger partial charge in [0.1, 0.15) is 5.82 Å². The maximum Gasteiger partial charge on any atom is 0.130 e. The second-order valence-corrected chi connectivity index (χ2v) is 3.05. The topological polar surface area (TPSA) is 51.4 Å². The summed E-state index contributed by atoms with van der Waals surface area (Å²) in [6, 6.07) is 3.69. The van der Waals surface area contributed by atoms with Crippen LogP contribution in [0.1, 0.15) is 13.8 Å². The largest absolute Gasteiger partial charge is 0.399 e. The Bertz CT molecular complexity index is 285. The van der Waals surface area contributed by atoms with Crippen LogP contribution in [0.25, 0.3) is 0 Å². The first-order valence-electron chi connectivity index (χ1n) is 5.40. The lowest BCUT2D eigenvalue weighted by Gasteiger charge is -2.27. The molecule has 1 aliphatic rings. The minimum absolute atomic E-state index is 0.761. The fourth-order valence-electron chi connectivity index (χ4n) is 1.40. The van der Waals surface area contributed by atoms with Gasteiger partial charge in [-0.1, -0.05) is 13.8 Å². The molecule has 0 aliphatic carbocycles. The summed E-state index contributed by atoms with van der Waals surface area (Å²) in [4.78, 5) is 6.43. The number of anilines is 2. The summed E-state index contributed by atoms with van der Waals surface area (Å²) >= 11 is 0. The molecule has 0 aromatic carbocycles. The van der Waals surface area contributed by atoms with E-state index in [0.29, 0.717) is 0 Å². The number of pyridine rings is 1. The molecule has 1 aromatic heterocycles. The molecule has 0 radical (unpaired) electrons. The van der Waals surface area contributed by atoms with Gasteiger partial charge >= 0.3 is 0 Å². The molecular weight excluding hydrogens is 190 g/mol. The van der Waals surface area contributed by atoms with Crippen LogP contribution in [0.4, 0.5) is 11.5 Å².